The minimum atomic E-state index is 0.608. The van der Waals surface area contributed by atoms with Gasteiger partial charge in [-0.1, -0.05) is 13.5 Å². The maximum Gasteiger partial charge on any atom is 0.116 e. The first kappa shape index (κ1) is 10.1. The summed E-state index contributed by atoms with van der Waals surface area (Å²) >= 11 is 0. The van der Waals surface area contributed by atoms with E-state index in [-0.39, 0.29) is 0 Å². The fourth-order valence-electron chi connectivity index (χ4n) is 1.63. The van der Waals surface area contributed by atoms with E-state index in [0.717, 1.165) is 26.2 Å². The zero-order valence-corrected chi connectivity index (χ0v) is 8.29. The summed E-state index contributed by atoms with van der Waals surface area (Å²) in [6.45, 7) is 11.1. The molecule has 3 nitrogen and oxygen atoms in total. The smallest absolute Gasteiger partial charge is 0.116 e. The highest BCUT2D eigenvalue weighted by Gasteiger charge is 2.16. The van der Waals surface area contributed by atoms with E-state index >= 15 is 0 Å². The zero-order chi connectivity index (χ0) is 9.68. The molecule has 0 radical (unpaired) electrons. The predicted molar refractivity (Wildman–Crippen MR) is 53.1 cm³/mol. The highest BCUT2D eigenvalue weighted by Crippen LogP contribution is 2.07. The van der Waals surface area contributed by atoms with Crippen molar-refractivity contribution in [2.75, 3.05) is 32.7 Å². The van der Waals surface area contributed by atoms with Crippen LogP contribution in [0.15, 0.2) is 12.3 Å². The van der Waals surface area contributed by atoms with Crippen LogP contribution in [0.3, 0.4) is 0 Å². The summed E-state index contributed by atoms with van der Waals surface area (Å²) in [5.41, 5.74) is 0.608. The van der Waals surface area contributed by atoms with Gasteiger partial charge >= 0.3 is 0 Å². The second kappa shape index (κ2) is 4.88. The third-order valence-corrected chi connectivity index (χ3v) is 2.42. The Balaban J connectivity index is 2.31. The third kappa shape index (κ3) is 2.74. The summed E-state index contributed by atoms with van der Waals surface area (Å²) in [6.07, 6.45) is 1.21. The number of hydrogen-bond donors (Lipinski definition) is 0. The Morgan fingerprint density at radius 2 is 2.00 bits per heavy atom. The van der Waals surface area contributed by atoms with Gasteiger partial charge in [0.1, 0.15) is 11.8 Å². The van der Waals surface area contributed by atoms with E-state index in [4.69, 9.17) is 5.26 Å². The molecular weight excluding hydrogens is 162 g/mol. The molecule has 1 heterocycles. The van der Waals surface area contributed by atoms with Gasteiger partial charge in [-0.2, -0.15) is 5.26 Å². The maximum absolute atomic E-state index is 8.65. The lowest BCUT2D eigenvalue weighted by Gasteiger charge is -2.34. The Morgan fingerprint density at radius 3 is 2.46 bits per heavy atom. The topological polar surface area (TPSA) is 30.3 Å². The van der Waals surface area contributed by atoms with Gasteiger partial charge in [-0.3, -0.25) is 4.90 Å². The molecule has 13 heavy (non-hydrogen) atoms. The average molecular weight is 179 g/mol. The number of hydrogen-bond acceptors (Lipinski definition) is 3. The van der Waals surface area contributed by atoms with Crippen molar-refractivity contribution in [3.05, 3.63) is 12.3 Å². The highest BCUT2D eigenvalue weighted by atomic mass is 15.3. The van der Waals surface area contributed by atoms with Gasteiger partial charge in [0.2, 0.25) is 0 Å². The van der Waals surface area contributed by atoms with Crippen LogP contribution in [0.25, 0.3) is 0 Å². The molecule has 1 rings (SSSR count). The molecule has 0 spiro atoms. The lowest BCUT2D eigenvalue weighted by atomic mass is 10.3. The largest absolute Gasteiger partial charge is 0.361 e. The first-order chi connectivity index (χ1) is 6.27. The highest BCUT2D eigenvalue weighted by molar-refractivity contribution is 5.15. The van der Waals surface area contributed by atoms with Crippen LogP contribution in [-0.4, -0.2) is 42.5 Å². The normalized spacial score (nSPS) is 18.3. The molecule has 1 fully saturated rings. The lowest BCUT2D eigenvalue weighted by molar-refractivity contribution is 0.163. The first-order valence-corrected chi connectivity index (χ1v) is 4.84. The van der Waals surface area contributed by atoms with Crippen molar-refractivity contribution in [1.82, 2.24) is 9.80 Å². The Morgan fingerprint density at radius 1 is 1.38 bits per heavy atom. The second-order valence-electron chi connectivity index (χ2n) is 3.39. The minimum absolute atomic E-state index is 0.608. The third-order valence-electron chi connectivity index (χ3n) is 2.42. The molecule has 0 aromatic heterocycles. The van der Waals surface area contributed by atoms with Crippen LogP contribution in [0.2, 0.25) is 0 Å². The minimum Gasteiger partial charge on any atom is -0.361 e. The summed E-state index contributed by atoms with van der Waals surface area (Å²) < 4.78 is 0. The molecule has 0 aliphatic carbocycles. The molecule has 0 amide bonds. The van der Waals surface area contributed by atoms with Crippen molar-refractivity contribution in [2.24, 2.45) is 0 Å². The monoisotopic (exact) mass is 179 g/mol. The SMILES string of the molecule is C=C(C#N)N1CCN(CCC)CC1. The van der Waals surface area contributed by atoms with E-state index in [9.17, 15) is 0 Å². The van der Waals surface area contributed by atoms with Crippen molar-refractivity contribution in [3.63, 3.8) is 0 Å². The number of rotatable bonds is 3. The molecule has 1 aliphatic heterocycles. The van der Waals surface area contributed by atoms with E-state index in [2.05, 4.69) is 29.4 Å². The summed E-state index contributed by atoms with van der Waals surface area (Å²) in [4.78, 5) is 4.49. The fraction of sp³-hybridized carbons (Fsp3) is 0.700. The molecular formula is C10H17N3. The Kier molecular flexibility index (Phi) is 3.78. The predicted octanol–water partition coefficient (Wildman–Crippen LogP) is 1.05. The van der Waals surface area contributed by atoms with Gasteiger partial charge < -0.3 is 4.90 Å². The van der Waals surface area contributed by atoms with E-state index in [1.54, 1.807) is 0 Å². The van der Waals surface area contributed by atoms with Crippen LogP contribution < -0.4 is 0 Å². The Labute approximate surface area is 80.2 Å². The zero-order valence-electron chi connectivity index (χ0n) is 8.29. The Hall–Kier alpha value is -1.01. The summed E-state index contributed by atoms with van der Waals surface area (Å²) in [7, 11) is 0. The maximum atomic E-state index is 8.65. The van der Waals surface area contributed by atoms with Gasteiger partial charge in [-0.05, 0) is 13.0 Å². The molecule has 0 bridgehead atoms. The number of piperazine rings is 1. The molecule has 0 atom stereocenters. The average Bonchev–Trinajstić information content (AvgIpc) is 2.18. The van der Waals surface area contributed by atoms with Crippen LogP contribution in [0.4, 0.5) is 0 Å². The van der Waals surface area contributed by atoms with Crippen molar-refractivity contribution in [3.8, 4) is 6.07 Å². The standard InChI is InChI=1S/C10H17N3/c1-3-4-12-5-7-13(8-6-12)10(2)9-11/h2-8H2,1H3. The van der Waals surface area contributed by atoms with Crippen LogP contribution in [0.1, 0.15) is 13.3 Å². The summed E-state index contributed by atoms with van der Waals surface area (Å²) in [5.74, 6) is 0. The fourth-order valence-corrected chi connectivity index (χ4v) is 1.63. The van der Waals surface area contributed by atoms with Gasteiger partial charge in [-0.25, -0.2) is 0 Å². The number of nitrogens with zero attached hydrogens (tertiary/aromatic N) is 3. The van der Waals surface area contributed by atoms with Crippen molar-refractivity contribution < 1.29 is 0 Å². The lowest BCUT2D eigenvalue weighted by Crippen LogP contribution is -2.45. The van der Waals surface area contributed by atoms with E-state index in [1.165, 1.54) is 13.0 Å². The van der Waals surface area contributed by atoms with Crippen LogP contribution >= 0.6 is 0 Å². The van der Waals surface area contributed by atoms with Gasteiger partial charge in [-0.15, -0.1) is 0 Å². The van der Waals surface area contributed by atoms with Crippen LogP contribution in [-0.2, 0) is 0 Å². The molecule has 0 unspecified atom stereocenters. The van der Waals surface area contributed by atoms with Crippen LogP contribution in [0.5, 0.6) is 0 Å². The quantitative estimate of drug-likeness (QED) is 0.607. The van der Waals surface area contributed by atoms with Gasteiger partial charge in [0.15, 0.2) is 0 Å². The summed E-state index contributed by atoms with van der Waals surface area (Å²) in [5, 5.41) is 8.65. The Bertz CT molecular complexity index is 209. The molecule has 0 saturated carbocycles. The van der Waals surface area contributed by atoms with Crippen molar-refractivity contribution >= 4 is 0 Å². The molecule has 0 aromatic rings. The van der Waals surface area contributed by atoms with Crippen LogP contribution in [0, 0.1) is 11.3 Å². The molecule has 0 N–H and O–H groups in total. The molecule has 1 saturated heterocycles. The summed E-state index contributed by atoms with van der Waals surface area (Å²) in [6, 6.07) is 2.09. The van der Waals surface area contributed by atoms with Gasteiger partial charge in [0.25, 0.3) is 0 Å². The number of nitriles is 1. The van der Waals surface area contributed by atoms with Crippen molar-refractivity contribution in [2.45, 2.75) is 13.3 Å². The van der Waals surface area contributed by atoms with Gasteiger partial charge in [0.05, 0.1) is 0 Å². The van der Waals surface area contributed by atoms with E-state index in [0.29, 0.717) is 5.70 Å². The van der Waals surface area contributed by atoms with E-state index in [1.807, 2.05) is 0 Å². The van der Waals surface area contributed by atoms with E-state index < -0.39 is 0 Å². The molecule has 0 aromatic carbocycles. The first-order valence-electron chi connectivity index (χ1n) is 4.84. The van der Waals surface area contributed by atoms with Gasteiger partial charge in [0, 0.05) is 26.2 Å². The second-order valence-corrected chi connectivity index (χ2v) is 3.39. The molecule has 1 aliphatic rings. The van der Waals surface area contributed by atoms with Crippen molar-refractivity contribution in [1.29, 1.82) is 5.26 Å². The molecule has 72 valence electrons. The molecule has 3 heteroatoms. The number of allylic oxidation sites excluding steroid dienone is 1.